The summed E-state index contributed by atoms with van der Waals surface area (Å²) in [5, 5.41) is 5.66. The molecule has 2 heterocycles. The molecule has 0 saturated carbocycles. The quantitative estimate of drug-likeness (QED) is 0.340. The van der Waals surface area contributed by atoms with E-state index in [1.165, 1.54) is 16.3 Å². The zero-order chi connectivity index (χ0) is 14.1. The smallest absolute Gasteiger partial charge is 0.295 e. The third-order valence-electron chi connectivity index (χ3n) is 2.72. The molecule has 0 spiro atoms. The fourth-order valence-electron chi connectivity index (χ4n) is 1.89. The second-order valence-corrected chi connectivity index (χ2v) is 5.98. The summed E-state index contributed by atoms with van der Waals surface area (Å²) in [5.74, 6) is 0.682. The van der Waals surface area contributed by atoms with Gasteiger partial charge in [-0.2, -0.15) is 0 Å². The van der Waals surface area contributed by atoms with Gasteiger partial charge >= 0.3 is 11.9 Å². The van der Waals surface area contributed by atoms with Crippen molar-refractivity contribution >= 4 is 44.1 Å². The molecule has 0 bridgehead atoms. The van der Waals surface area contributed by atoms with Crippen molar-refractivity contribution < 1.29 is 4.52 Å². The van der Waals surface area contributed by atoms with Gasteiger partial charge in [-0.25, -0.2) is 0 Å². The van der Waals surface area contributed by atoms with Crippen LogP contribution in [-0.4, -0.2) is 20.8 Å². The van der Waals surface area contributed by atoms with E-state index in [1.807, 2.05) is 18.2 Å². The SMILES string of the molecule is C=CCSc1n[n+]2cnc3ccc(Br)cc3c2c(=O)[nH]1. The van der Waals surface area contributed by atoms with Gasteiger partial charge in [0, 0.05) is 10.2 Å². The van der Waals surface area contributed by atoms with Crippen LogP contribution in [0.1, 0.15) is 0 Å². The Balaban J connectivity index is 2.32. The van der Waals surface area contributed by atoms with E-state index in [9.17, 15) is 4.79 Å². The number of hydrogen-bond donors (Lipinski definition) is 1. The van der Waals surface area contributed by atoms with Crippen LogP contribution in [0, 0.1) is 0 Å². The molecule has 5 nitrogen and oxygen atoms in total. The summed E-state index contributed by atoms with van der Waals surface area (Å²) in [5.41, 5.74) is 1.06. The van der Waals surface area contributed by atoms with Gasteiger partial charge in [-0.3, -0.25) is 9.78 Å². The molecule has 0 unspecified atom stereocenters. The van der Waals surface area contributed by atoms with Gasteiger partial charge in [-0.1, -0.05) is 43.4 Å². The summed E-state index contributed by atoms with van der Waals surface area (Å²) in [4.78, 5) is 19.4. The van der Waals surface area contributed by atoms with Crippen LogP contribution in [0.4, 0.5) is 0 Å². The van der Waals surface area contributed by atoms with E-state index in [-0.39, 0.29) is 5.56 Å². The van der Waals surface area contributed by atoms with Crippen LogP contribution < -0.4 is 10.1 Å². The Kier molecular flexibility index (Phi) is 3.54. The van der Waals surface area contributed by atoms with E-state index in [1.54, 1.807) is 12.4 Å². The van der Waals surface area contributed by atoms with Gasteiger partial charge in [0.15, 0.2) is 5.52 Å². The summed E-state index contributed by atoms with van der Waals surface area (Å²) < 4.78 is 2.41. The summed E-state index contributed by atoms with van der Waals surface area (Å²) in [6, 6.07) is 5.62. The van der Waals surface area contributed by atoms with Crippen LogP contribution in [0.5, 0.6) is 0 Å². The van der Waals surface area contributed by atoms with E-state index in [0.29, 0.717) is 16.4 Å². The van der Waals surface area contributed by atoms with Crippen LogP contribution >= 0.6 is 27.7 Å². The van der Waals surface area contributed by atoms with Crippen molar-refractivity contribution in [1.29, 1.82) is 0 Å². The number of halogens is 1. The van der Waals surface area contributed by atoms with Crippen molar-refractivity contribution in [1.82, 2.24) is 15.1 Å². The molecule has 20 heavy (non-hydrogen) atoms. The van der Waals surface area contributed by atoms with Crippen LogP contribution in [0.25, 0.3) is 16.4 Å². The third kappa shape index (κ3) is 2.34. The predicted molar refractivity (Wildman–Crippen MR) is 81.9 cm³/mol. The Labute approximate surface area is 126 Å². The van der Waals surface area contributed by atoms with Gasteiger partial charge in [-0.05, 0) is 23.2 Å². The number of H-pyrrole nitrogens is 1. The normalized spacial score (nSPS) is 11.1. The number of hydrogen-bond acceptors (Lipinski definition) is 4. The fourth-order valence-corrected chi connectivity index (χ4v) is 2.84. The fraction of sp³-hybridized carbons (Fsp3) is 0.0769. The lowest BCUT2D eigenvalue weighted by atomic mass is 10.2. The lowest BCUT2D eigenvalue weighted by Crippen LogP contribution is -2.35. The van der Waals surface area contributed by atoms with E-state index >= 15 is 0 Å². The van der Waals surface area contributed by atoms with Crippen LogP contribution in [0.2, 0.25) is 0 Å². The molecular formula is C13H10BrN4OS+. The highest BCUT2D eigenvalue weighted by Crippen LogP contribution is 2.19. The molecule has 0 saturated heterocycles. The van der Waals surface area contributed by atoms with Crippen LogP contribution in [0.15, 0.2) is 51.6 Å². The molecule has 0 atom stereocenters. The minimum Gasteiger partial charge on any atom is -0.295 e. The van der Waals surface area contributed by atoms with E-state index in [2.05, 4.69) is 37.6 Å². The maximum absolute atomic E-state index is 12.3. The van der Waals surface area contributed by atoms with Crippen molar-refractivity contribution in [2.75, 3.05) is 5.75 Å². The molecule has 1 aromatic carbocycles. The summed E-state index contributed by atoms with van der Waals surface area (Å²) in [7, 11) is 0. The number of fused-ring (bicyclic) bond motifs is 3. The topological polar surface area (TPSA) is 62.7 Å². The molecule has 0 aliphatic carbocycles. The maximum atomic E-state index is 12.3. The first-order valence-corrected chi connectivity index (χ1v) is 7.61. The summed E-state index contributed by atoms with van der Waals surface area (Å²) >= 11 is 4.82. The van der Waals surface area contributed by atoms with Gasteiger partial charge in [0.25, 0.3) is 0 Å². The average molecular weight is 350 g/mol. The Morgan fingerprint density at radius 1 is 1.50 bits per heavy atom. The van der Waals surface area contributed by atoms with Crippen LogP contribution in [-0.2, 0) is 0 Å². The van der Waals surface area contributed by atoms with E-state index < -0.39 is 0 Å². The first-order valence-electron chi connectivity index (χ1n) is 5.83. The lowest BCUT2D eigenvalue weighted by Gasteiger charge is -1.99. The molecule has 1 N–H and O–H groups in total. The molecule has 0 amide bonds. The van der Waals surface area contributed by atoms with Crippen molar-refractivity contribution in [3.63, 3.8) is 0 Å². The third-order valence-corrected chi connectivity index (χ3v) is 4.07. The molecule has 3 rings (SSSR count). The van der Waals surface area contributed by atoms with E-state index in [0.717, 1.165) is 15.4 Å². The van der Waals surface area contributed by atoms with Crippen molar-refractivity contribution in [3.05, 3.63) is 52.0 Å². The molecule has 2 aromatic heterocycles. The number of thioether (sulfide) groups is 1. The molecule has 100 valence electrons. The maximum Gasteiger partial charge on any atom is 0.312 e. The first kappa shape index (κ1) is 13.3. The Hall–Kier alpha value is -1.73. The number of rotatable bonds is 3. The molecule has 3 aromatic rings. The number of nitrogens with one attached hydrogen (secondary N) is 1. The monoisotopic (exact) mass is 349 g/mol. The Bertz CT molecular complexity index is 877. The van der Waals surface area contributed by atoms with Crippen LogP contribution in [0.3, 0.4) is 0 Å². The summed E-state index contributed by atoms with van der Waals surface area (Å²) in [6.07, 6.45) is 3.31. The van der Waals surface area contributed by atoms with Gasteiger partial charge in [0.2, 0.25) is 10.7 Å². The van der Waals surface area contributed by atoms with Gasteiger partial charge < -0.3 is 0 Å². The standard InChI is InChI=1S/C13H9BrN4OS/c1-2-5-20-13-16-12(19)11-9-6-8(14)3-4-10(9)15-7-18(11)17-13/h2-4,6-7H,1,5H2/p+1. The highest BCUT2D eigenvalue weighted by Gasteiger charge is 2.15. The highest BCUT2D eigenvalue weighted by molar-refractivity contribution is 9.10. The van der Waals surface area contributed by atoms with Gasteiger partial charge in [0.1, 0.15) is 0 Å². The Morgan fingerprint density at radius 3 is 3.15 bits per heavy atom. The van der Waals surface area contributed by atoms with Crippen molar-refractivity contribution in [3.8, 4) is 0 Å². The number of benzene rings is 1. The largest absolute Gasteiger partial charge is 0.312 e. The number of aromatic nitrogens is 4. The molecule has 0 aliphatic rings. The molecule has 0 aliphatic heterocycles. The van der Waals surface area contributed by atoms with Crippen molar-refractivity contribution in [2.24, 2.45) is 0 Å². The minimum atomic E-state index is -0.183. The Morgan fingerprint density at radius 2 is 2.35 bits per heavy atom. The molecular weight excluding hydrogens is 340 g/mol. The molecule has 7 heteroatoms. The lowest BCUT2D eigenvalue weighted by molar-refractivity contribution is -0.589. The zero-order valence-corrected chi connectivity index (χ0v) is 12.7. The number of aromatic amines is 1. The van der Waals surface area contributed by atoms with Gasteiger partial charge in [-0.15, -0.1) is 6.58 Å². The number of nitrogens with zero attached hydrogens (tertiary/aromatic N) is 3. The van der Waals surface area contributed by atoms with E-state index in [4.69, 9.17) is 0 Å². The second-order valence-electron chi connectivity index (χ2n) is 4.06. The summed E-state index contributed by atoms with van der Waals surface area (Å²) in [6.45, 7) is 3.65. The van der Waals surface area contributed by atoms with Gasteiger partial charge in [0.05, 0.1) is 5.39 Å². The zero-order valence-electron chi connectivity index (χ0n) is 10.3. The second kappa shape index (κ2) is 5.34. The molecule has 0 radical (unpaired) electrons. The predicted octanol–water partition coefficient (Wildman–Crippen LogP) is 2.10. The minimum absolute atomic E-state index is 0.183. The average Bonchev–Trinajstić information content (AvgIpc) is 2.44. The van der Waals surface area contributed by atoms with Crippen molar-refractivity contribution in [2.45, 2.75) is 5.16 Å². The molecule has 0 fully saturated rings. The highest BCUT2D eigenvalue weighted by atomic mass is 79.9. The first-order chi connectivity index (χ1) is 9.69.